The van der Waals surface area contributed by atoms with Crippen LogP contribution in [0.3, 0.4) is 0 Å². The second kappa shape index (κ2) is 12.6. The molecule has 0 aliphatic heterocycles. The molecule has 46 heavy (non-hydrogen) atoms. The number of nitrogens with one attached hydrogen (secondary N) is 1. The van der Waals surface area contributed by atoms with Crippen LogP contribution in [0.15, 0.2) is 127 Å². The molecule has 7 heteroatoms. The molecule has 0 atom stereocenters. The minimum Gasteiger partial charge on any atom is -0.308 e. The van der Waals surface area contributed by atoms with Crippen molar-refractivity contribution in [3.05, 3.63) is 154 Å². The Labute approximate surface area is 277 Å². The first-order valence-electron chi connectivity index (χ1n) is 15.4. The number of anilines is 1. The van der Waals surface area contributed by atoms with Crippen LogP contribution < -0.4 is 5.32 Å². The summed E-state index contributed by atoms with van der Waals surface area (Å²) in [6.45, 7) is 0. The number of aromatic nitrogens is 2. The summed E-state index contributed by atoms with van der Waals surface area (Å²) in [5.74, 6) is 0.249. The molecule has 1 heterocycles. The molecule has 1 N–H and O–H groups in total. The average molecular weight is 645 g/mol. The summed E-state index contributed by atoms with van der Waals surface area (Å²) in [4.78, 5) is 25.7. The van der Waals surface area contributed by atoms with E-state index in [-0.39, 0.29) is 17.6 Å². The SMILES string of the molecule is O=C1CCC(C(=O)Nc2nn(C(c3ccccc3)(c3ccccc3)c3ccccc3)c3ccc(-c4c(Cl)cccc4Cl)cc23)CC1. The predicted molar refractivity (Wildman–Crippen MR) is 185 cm³/mol. The molecule has 1 aromatic heterocycles. The van der Waals surface area contributed by atoms with E-state index in [1.807, 2.05) is 95.7 Å². The first kappa shape index (κ1) is 30.0. The molecule has 1 amide bonds. The Morgan fingerprint density at radius 1 is 0.717 bits per heavy atom. The van der Waals surface area contributed by atoms with Crippen LogP contribution in [0.1, 0.15) is 42.4 Å². The lowest BCUT2D eigenvalue weighted by molar-refractivity contribution is -0.125. The van der Waals surface area contributed by atoms with Crippen molar-refractivity contribution in [2.75, 3.05) is 5.32 Å². The Balaban J connectivity index is 1.52. The van der Waals surface area contributed by atoms with Crippen LogP contribution >= 0.6 is 23.2 Å². The topological polar surface area (TPSA) is 64.0 Å². The van der Waals surface area contributed by atoms with Crippen LogP contribution in [-0.4, -0.2) is 21.5 Å². The van der Waals surface area contributed by atoms with Crippen LogP contribution in [0.25, 0.3) is 22.0 Å². The summed E-state index contributed by atoms with van der Waals surface area (Å²) in [5.41, 5.74) is 4.48. The molecule has 6 aromatic rings. The highest BCUT2D eigenvalue weighted by molar-refractivity contribution is 6.39. The normalized spacial score (nSPS) is 14.0. The highest BCUT2D eigenvalue weighted by atomic mass is 35.5. The fraction of sp³-hybridized carbons (Fsp3) is 0.154. The van der Waals surface area contributed by atoms with Gasteiger partial charge in [0.05, 0.1) is 5.52 Å². The van der Waals surface area contributed by atoms with E-state index in [0.29, 0.717) is 47.1 Å². The van der Waals surface area contributed by atoms with E-state index < -0.39 is 5.54 Å². The molecule has 0 radical (unpaired) electrons. The maximum Gasteiger partial charge on any atom is 0.228 e. The fourth-order valence-corrected chi connectivity index (χ4v) is 7.34. The van der Waals surface area contributed by atoms with Crippen LogP contribution in [0, 0.1) is 5.92 Å². The number of halogens is 2. The zero-order valence-electron chi connectivity index (χ0n) is 25.0. The Morgan fingerprint density at radius 2 is 1.24 bits per heavy atom. The van der Waals surface area contributed by atoms with E-state index >= 15 is 0 Å². The monoisotopic (exact) mass is 643 g/mol. The van der Waals surface area contributed by atoms with Gasteiger partial charge in [0.2, 0.25) is 5.91 Å². The molecule has 1 saturated carbocycles. The number of nitrogens with zero attached hydrogens (tertiary/aromatic N) is 2. The van der Waals surface area contributed by atoms with Crippen LogP contribution in [0.5, 0.6) is 0 Å². The lowest BCUT2D eigenvalue weighted by Crippen LogP contribution is -2.38. The van der Waals surface area contributed by atoms with Gasteiger partial charge in [0.25, 0.3) is 0 Å². The number of amides is 1. The van der Waals surface area contributed by atoms with Crippen molar-refractivity contribution in [3.8, 4) is 11.1 Å². The summed E-state index contributed by atoms with van der Waals surface area (Å²) in [5, 5.41) is 10.3. The van der Waals surface area contributed by atoms with Crippen molar-refractivity contribution in [1.82, 2.24) is 9.78 Å². The molecule has 5 aromatic carbocycles. The fourth-order valence-electron chi connectivity index (χ4n) is 6.72. The number of carbonyl (C=O) groups excluding carboxylic acids is 2. The molecule has 1 aliphatic rings. The van der Waals surface area contributed by atoms with Crippen LogP contribution in [0.2, 0.25) is 10.0 Å². The first-order chi connectivity index (χ1) is 22.5. The largest absolute Gasteiger partial charge is 0.308 e. The number of Topliss-reactive ketones (excluding diaryl/α,β-unsaturated/α-hetero) is 1. The van der Waals surface area contributed by atoms with Gasteiger partial charge in [-0.2, -0.15) is 5.10 Å². The third kappa shape index (κ3) is 5.30. The molecule has 1 aliphatic carbocycles. The molecular formula is C39H31Cl2N3O2. The van der Waals surface area contributed by atoms with Gasteiger partial charge in [0.1, 0.15) is 11.3 Å². The van der Waals surface area contributed by atoms with E-state index in [9.17, 15) is 9.59 Å². The van der Waals surface area contributed by atoms with E-state index in [1.165, 1.54) is 0 Å². The molecule has 0 saturated heterocycles. The van der Waals surface area contributed by atoms with Gasteiger partial charge in [0.15, 0.2) is 5.82 Å². The molecule has 0 unspecified atom stereocenters. The second-order valence-corrected chi connectivity index (χ2v) is 12.5. The van der Waals surface area contributed by atoms with Gasteiger partial charge in [-0.25, -0.2) is 4.68 Å². The van der Waals surface area contributed by atoms with Crippen molar-refractivity contribution >= 4 is 51.6 Å². The van der Waals surface area contributed by atoms with Gasteiger partial charge in [0, 0.05) is 39.8 Å². The van der Waals surface area contributed by atoms with Crippen LogP contribution in [-0.2, 0) is 15.1 Å². The molecule has 0 spiro atoms. The summed E-state index contributed by atoms with van der Waals surface area (Å²) in [6, 6.07) is 42.4. The van der Waals surface area contributed by atoms with E-state index in [1.54, 1.807) is 0 Å². The van der Waals surface area contributed by atoms with Crippen molar-refractivity contribution < 1.29 is 9.59 Å². The highest BCUT2D eigenvalue weighted by Crippen LogP contribution is 2.45. The Morgan fingerprint density at radius 3 is 1.76 bits per heavy atom. The van der Waals surface area contributed by atoms with Crippen LogP contribution in [0.4, 0.5) is 5.82 Å². The Hall–Kier alpha value is -4.71. The van der Waals surface area contributed by atoms with Crippen molar-refractivity contribution in [3.63, 3.8) is 0 Å². The predicted octanol–water partition coefficient (Wildman–Crippen LogP) is 9.55. The molecule has 7 rings (SSSR count). The van der Waals surface area contributed by atoms with Gasteiger partial charge < -0.3 is 5.32 Å². The number of fused-ring (bicyclic) bond motifs is 1. The molecular weight excluding hydrogens is 613 g/mol. The average Bonchev–Trinajstić information content (AvgIpc) is 3.44. The summed E-state index contributed by atoms with van der Waals surface area (Å²) >= 11 is 13.3. The summed E-state index contributed by atoms with van der Waals surface area (Å²) in [6.07, 6.45) is 1.90. The van der Waals surface area contributed by atoms with Gasteiger partial charge in [-0.3, -0.25) is 9.59 Å². The number of rotatable bonds is 7. The van der Waals surface area contributed by atoms with Gasteiger partial charge in [-0.05, 0) is 59.4 Å². The number of carbonyl (C=O) groups is 2. The zero-order valence-corrected chi connectivity index (χ0v) is 26.5. The van der Waals surface area contributed by atoms with Gasteiger partial charge >= 0.3 is 0 Å². The zero-order chi connectivity index (χ0) is 31.7. The maximum absolute atomic E-state index is 13.7. The third-order valence-corrected chi connectivity index (χ3v) is 9.61. The highest BCUT2D eigenvalue weighted by Gasteiger charge is 2.41. The van der Waals surface area contributed by atoms with Gasteiger partial charge in [-0.15, -0.1) is 0 Å². The number of hydrogen-bond acceptors (Lipinski definition) is 3. The minimum absolute atomic E-state index is 0.134. The second-order valence-electron chi connectivity index (χ2n) is 11.7. The van der Waals surface area contributed by atoms with Crippen molar-refractivity contribution in [1.29, 1.82) is 0 Å². The summed E-state index contributed by atoms with van der Waals surface area (Å²) < 4.78 is 2.03. The van der Waals surface area contributed by atoms with E-state index in [2.05, 4.69) is 41.7 Å². The Kier molecular flexibility index (Phi) is 8.20. The smallest absolute Gasteiger partial charge is 0.228 e. The molecule has 228 valence electrons. The summed E-state index contributed by atoms with van der Waals surface area (Å²) in [7, 11) is 0. The third-order valence-electron chi connectivity index (χ3n) is 8.98. The molecule has 5 nitrogen and oxygen atoms in total. The van der Waals surface area contributed by atoms with E-state index in [0.717, 1.165) is 33.2 Å². The maximum atomic E-state index is 13.7. The number of hydrogen-bond donors (Lipinski definition) is 1. The lowest BCUT2D eigenvalue weighted by atomic mass is 9.77. The Bertz CT molecular complexity index is 1920. The van der Waals surface area contributed by atoms with Crippen molar-refractivity contribution in [2.45, 2.75) is 31.2 Å². The number of benzene rings is 5. The molecule has 1 fully saturated rings. The standard InChI is InChI=1S/C39H31Cl2N3O2/c40-33-17-10-18-34(41)36(33)27-21-24-35-32(25-27)37(42-38(46)26-19-22-31(45)23-20-26)43-44(35)39(28-11-4-1-5-12-28,29-13-6-2-7-14-29)30-15-8-3-9-16-30/h1-18,21,24-26H,19-20,22-23H2,(H,42,43,46). The molecule has 0 bridgehead atoms. The number of ketones is 1. The van der Waals surface area contributed by atoms with Crippen molar-refractivity contribution in [2.24, 2.45) is 5.92 Å². The lowest BCUT2D eigenvalue weighted by Gasteiger charge is -2.37. The van der Waals surface area contributed by atoms with Gasteiger partial charge in [-0.1, -0.05) is 126 Å². The first-order valence-corrected chi connectivity index (χ1v) is 16.2. The quantitative estimate of drug-likeness (QED) is 0.176. The minimum atomic E-state index is -0.897. The van der Waals surface area contributed by atoms with E-state index in [4.69, 9.17) is 28.3 Å².